The Morgan fingerprint density at radius 3 is 2.53 bits per heavy atom. The van der Waals surface area contributed by atoms with Gasteiger partial charge >= 0.3 is 0 Å². The van der Waals surface area contributed by atoms with Crippen molar-refractivity contribution in [3.8, 4) is 0 Å². The van der Waals surface area contributed by atoms with Crippen LogP contribution in [0.1, 0.15) is 33.6 Å². The molecule has 0 aromatic heterocycles. The molecule has 2 aromatic carbocycles. The van der Waals surface area contributed by atoms with Crippen LogP contribution in [0.2, 0.25) is 0 Å². The van der Waals surface area contributed by atoms with Crippen LogP contribution in [-0.4, -0.2) is 30.2 Å². The minimum absolute atomic E-state index is 0.0228. The summed E-state index contributed by atoms with van der Waals surface area (Å²) in [5, 5.41) is 1.84. The van der Waals surface area contributed by atoms with E-state index in [1.54, 1.807) is 6.07 Å². The number of benzene rings is 2. The summed E-state index contributed by atoms with van der Waals surface area (Å²) < 4.78 is 0. The SMILES string of the molecule is O=Cc1c(C(=O)N2CCCC2)ccc2ccccc12. The van der Waals surface area contributed by atoms with E-state index < -0.39 is 0 Å². The van der Waals surface area contributed by atoms with E-state index in [0.29, 0.717) is 11.1 Å². The number of carbonyl (C=O) groups excluding carboxylic acids is 2. The standard InChI is InChI=1S/C16H15NO2/c18-11-15-13-6-2-1-5-12(13)7-8-14(15)16(19)17-9-3-4-10-17/h1-2,5-8,11H,3-4,9-10H2. The zero-order chi connectivity index (χ0) is 13.2. The minimum Gasteiger partial charge on any atom is -0.339 e. The lowest BCUT2D eigenvalue weighted by Gasteiger charge is -2.17. The Kier molecular flexibility index (Phi) is 3.03. The molecule has 1 amide bonds. The monoisotopic (exact) mass is 253 g/mol. The average Bonchev–Trinajstić information content (AvgIpc) is 2.99. The summed E-state index contributed by atoms with van der Waals surface area (Å²) in [4.78, 5) is 25.7. The first-order valence-corrected chi connectivity index (χ1v) is 6.57. The van der Waals surface area contributed by atoms with E-state index in [9.17, 15) is 9.59 Å². The summed E-state index contributed by atoms with van der Waals surface area (Å²) in [5.74, 6) is -0.0228. The number of fused-ring (bicyclic) bond motifs is 1. The Hall–Kier alpha value is -2.16. The van der Waals surface area contributed by atoms with Gasteiger partial charge in [-0.1, -0.05) is 30.3 Å². The van der Waals surface area contributed by atoms with E-state index in [1.807, 2.05) is 35.2 Å². The number of nitrogens with zero attached hydrogens (tertiary/aromatic N) is 1. The fourth-order valence-corrected chi connectivity index (χ4v) is 2.70. The van der Waals surface area contributed by atoms with Gasteiger partial charge in [0.05, 0.1) is 5.56 Å². The Bertz CT molecular complexity index is 642. The maximum atomic E-state index is 12.4. The summed E-state index contributed by atoms with van der Waals surface area (Å²) >= 11 is 0. The second kappa shape index (κ2) is 4.84. The van der Waals surface area contributed by atoms with E-state index >= 15 is 0 Å². The summed E-state index contributed by atoms with van der Waals surface area (Å²) in [5.41, 5.74) is 1.03. The lowest BCUT2D eigenvalue weighted by atomic mass is 9.99. The molecular weight excluding hydrogens is 238 g/mol. The van der Waals surface area contributed by atoms with E-state index in [1.165, 1.54) is 0 Å². The third kappa shape index (κ3) is 2.01. The normalized spacial score (nSPS) is 14.8. The lowest BCUT2D eigenvalue weighted by molar-refractivity contribution is 0.0790. The van der Waals surface area contributed by atoms with Crippen LogP contribution in [0.3, 0.4) is 0 Å². The van der Waals surface area contributed by atoms with Crippen LogP contribution in [0, 0.1) is 0 Å². The highest BCUT2D eigenvalue weighted by Crippen LogP contribution is 2.23. The highest BCUT2D eigenvalue weighted by Gasteiger charge is 2.22. The van der Waals surface area contributed by atoms with Crippen LogP contribution >= 0.6 is 0 Å². The number of carbonyl (C=O) groups is 2. The van der Waals surface area contributed by atoms with Gasteiger partial charge in [-0.25, -0.2) is 0 Å². The third-order valence-electron chi connectivity index (χ3n) is 3.71. The number of hydrogen-bond donors (Lipinski definition) is 0. The zero-order valence-corrected chi connectivity index (χ0v) is 10.6. The highest BCUT2D eigenvalue weighted by molar-refractivity contribution is 6.09. The molecule has 1 aliphatic heterocycles. The van der Waals surface area contributed by atoms with E-state index in [0.717, 1.165) is 43.0 Å². The molecule has 0 N–H and O–H groups in total. The lowest BCUT2D eigenvalue weighted by Crippen LogP contribution is -2.28. The van der Waals surface area contributed by atoms with E-state index in [4.69, 9.17) is 0 Å². The molecule has 0 saturated carbocycles. The fourth-order valence-electron chi connectivity index (χ4n) is 2.70. The van der Waals surface area contributed by atoms with Crippen LogP contribution in [0.25, 0.3) is 10.8 Å². The van der Waals surface area contributed by atoms with Crippen molar-refractivity contribution >= 4 is 23.0 Å². The summed E-state index contributed by atoms with van der Waals surface area (Å²) in [6, 6.07) is 11.3. The summed E-state index contributed by atoms with van der Waals surface area (Å²) in [7, 11) is 0. The largest absolute Gasteiger partial charge is 0.339 e. The van der Waals surface area contributed by atoms with Crippen molar-refractivity contribution in [2.75, 3.05) is 13.1 Å². The molecule has 0 atom stereocenters. The van der Waals surface area contributed by atoms with Crippen LogP contribution in [0.4, 0.5) is 0 Å². The first kappa shape index (κ1) is 11.9. The van der Waals surface area contributed by atoms with Gasteiger partial charge in [0, 0.05) is 18.7 Å². The molecule has 1 saturated heterocycles. The van der Waals surface area contributed by atoms with Crippen LogP contribution in [0.5, 0.6) is 0 Å². The predicted molar refractivity (Wildman–Crippen MR) is 74.5 cm³/mol. The molecular formula is C16H15NO2. The molecule has 2 aromatic rings. The summed E-state index contributed by atoms with van der Waals surface area (Å²) in [6.45, 7) is 1.59. The van der Waals surface area contributed by atoms with Crippen molar-refractivity contribution in [2.24, 2.45) is 0 Å². The van der Waals surface area contributed by atoms with Crippen LogP contribution in [0.15, 0.2) is 36.4 Å². The van der Waals surface area contributed by atoms with Gasteiger partial charge in [-0.2, -0.15) is 0 Å². The first-order chi connectivity index (χ1) is 9.31. The van der Waals surface area contributed by atoms with Gasteiger partial charge in [0.15, 0.2) is 6.29 Å². The van der Waals surface area contributed by atoms with Gasteiger partial charge in [-0.3, -0.25) is 9.59 Å². The molecule has 1 heterocycles. The Morgan fingerprint density at radius 1 is 1.05 bits per heavy atom. The third-order valence-corrected chi connectivity index (χ3v) is 3.71. The quantitative estimate of drug-likeness (QED) is 0.772. The first-order valence-electron chi connectivity index (χ1n) is 6.57. The molecule has 3 nitrogen and oxygen atoms in total. The smallest absolute Gasteiger partial charge is 0.254 e. The molecule has 96 valence electrons. The zero-order valence-electron chi connectivity index (χ0n) is 10.6. The molecule has 3 heteroatoms. The molecule has 0 spiro atoms. The van der Waals surface area contributed by atoms with Gasteiger partial charge in [-0.15, -0.1) is 0 Å². The Morgan fingerprint density at radius 2 is 1.79 bits per heavy atom. The second-order valence-corrected chi connectivity index (χ2v) is 4.87. The van der Waals surface area contributed by atoms with E-state index in [-0.39, 0.29) is 5.91 Å². The molecule has 19 heavy (non-hydrogen) atoms. The molecule has 0 aliphatic carbocycles. The van der Waals surface area contributed by atoms with Crippen molar-refractivity contribution in [3.05, 3.63) is 47.5 Å². The van der Waals surface area contributed by atoms with Crippen molar-refractivity contribution in [1.29, 1.82) is 0 Å². The second-order valence-electron chi connectivity index (χ2n) is 4.87. The minimum atomic E-state index is -0.0228. The number of amides is 1. The molecule has 3 rings (SSSR count). The maximum Gasteiger partial charge on any atom is 0.254 e. The fraction of sp³-hybridized carbons (Fsp3) is 0.250. The molecule has 1 fully saturated rings. The molecule has 0 radical (unpaired) electrons. The maximum absolute atomic E-state index is 12.4. The summed E-state index contributed by atoms with van der Waals surface area (Å²) in [6.07, 6.45) is 2.90. The van der Waals surface area contributed by atoms with E-state index in [2.05, 4.69) is 0 Å². The van der Waals surface area contributed by atoms with Crippen molar-refractivity contribution in [1.82, 2.24) is 4.90 Å². The topological polar surface area (TPSA) is 37.4 Å². The number of rotatable bonds is 2. The van der Waals surface area contributed by atoms with Crippen LogP contribution < -0.4 is 0 Å². The van der Waals surface area contributed by atoms with Crippen molar-refractivity contribution in [2.45, 2.75) is 12.8 Å². The van der Waals surface area contributed by atoms with Crippen molar-refractivity contribution in [3.63, 3.8) is 0 Å². The van der Waals surface area contributed by atoms with Gasteiger partial charge < -0.3 is 4.90 Å². The number of likely N-dealkylation sites (tertiary alicyclic amines) is 1. The molecule has 0 unspecified atom stereocenters. The van der Waals surface area contributed by atoms with Gasteiger partial charge in [0.1, 0.15) is 0 Å². The Balaban J connectivity index is 2.12. The van der Waals surface area contributed by atoms with Crippen molar-refractivity contribution < 1.29 is 9.59 Å². The number of aldehydes is 1. The predicted octanol–water partition coefficient (Wildman–Crippen LogP) is 2.89. The Labute approximate surface area is 111 Å². The average molecular weight is 253 g/mol. The van der Waals surface area contributed by atoms with Gasteiger partial charge in [0.2, 0.25) is 0 Å². The highest BCUT2D eigenvalue weighted by atomic mass is 16.2. The molecule has 1 aliphatic rings. The van der Waals surface area contributed by atoms with Gasteiger partial charge in [-0.05, 0) is 29.7 Å². The molecule has 0 bridgehead atoms. The number of hydrogen-bond acceptors (Lipinski definition) is 2. The van der Waals surface area contributed by atoms with Gasteiger partial charge in [0.25, 0.3) is 5.91 Å². The van der Waals surface area contributed by atoms with Crippen LogP contribution in [-0.2, 0) is 0 Å².